The van der Waals surface area contributed by atoms with Crippen LogP contribution in [0.2, 0.25) is 0 Å². The molecule has 0 aliphatic carbocycles. The van der Waals surface area contributed by atoms with Crippen molar-refractivity contribution < 1.29 is 19.1 Å². The van der Waals surface area contributed by atoms with Crippen LogP contribution in [0, 0.1) is 5.92 Å². The van der Waals surface area contributed by atoms with Gasteiger partial charge in [-0.05, 0) is 37.8 Å². The maximum atomic E-state index is 12.0. The Bertz CT molecular complexity index is 450. The molecule has 1 aromatic carbocycles. The van der Waals surface area contributed by atoms with Crippen LogP contribution in [-0.4, -0.2) is 25.2 Å². The molecule has 4 heteroatoms. The zero-order valence-corrected chi connectivity index (χ0v) is 13.1. The predicted octanol–water partition coefficient (Wildman–Crippen LogP) is 2.92. The Hall–Kier alpha value is -1.84. The van der Waals surface area contributed by atoms with E-state index in [9.17, 15) is 9.59 Å². The van der Waals surface area contributed by atoms with Crippen molar-refractivity contribution in [3.8, 4) is 0 Å². The maximum absolute atomic E-state index is 12.0. The highest BCUT2D eigenvalue weighted by molar-refractivity contribution is 5.95. The molecule has 0 heterocycles. The average Bonchev–Trinajstić information content (AvgIpc) is 2.46. The van der Waals surface area contributed by atoms with Crippen LogP contribution < -0.4 is 0 Å². The first kappa shape index (κ1) is 17.2. The monoisotopic (exact) mass is 292 g/mol. The van der Waals surface area contributed by atoms with Crippen LogP contribution in [0.1, 0.15) is 38.3 Å². The molecule has 116 valence electrons. The molecule has 0 fully saturated rings. The molecular formula is C17H24O4. The van der Waals surface area contributed by atoms with Crippen LogP contribution in [0.3, 0.4) is 0 Å². The van der Waals surface area contributed by atoms with Crippen molar-refractivity contribution in [3.05, 3.63) is 35.4 Å². The van der Waals surface area contributed by atoms with E-state index in [-0.39, 0.29) is 13.2 Å². The Balaban J connectivity index is 2.86. The molecule has 0 radical (unpaired) electrons. The molecule has 1 rings (SSSR count). The number of hydrogen-bond donors (Lipinski definition) is 0. The molecule has 0 saturated heterocycles. The largest absolute Gasteiger partial charge is 0.465 e. The van der Waals surface area contributed by atoms with Crippen LogP contribution in [0.4, 0.5) is 0 Å². The fourth-order valence-electron chi connectivity index (χ4n) is 2.19. The summed E-state index contributed by atoms with van der Waals surface area (Å²) >= 11 is 0. The van der Waals surface area contributed by atoms with E-state index in [4.69, 9.17) is 9.47 Å². The van der Waals surface area contributed by atoms with E-state index in [1.165, 1.54) is 5.56 Å². The van der Waals surface area contributed by atoms with E-state index in [1.54, 1.807) is 13.8 Å². The highest BCUT2D eigenvalue weighted by Gasteiger charge is 2.29. The molecule has 0 amide bonds. The summed E-state index contributed by atoms with van der Waals surface area (Å²) in [5.74, 6) is -1.92. The molecular weight excluding hydrogens is 268 g/mol. The number of hydrogen-bond acceptors (Lipinski definition) is 4. The topological polar surface area (TPSA) is 52.6 Å². The Kier molecular flexibility index (Phi) is 7.51. The maximum Gasteiger partial charge on any atom is 0.320 e. The summed E-state index contributed by atoms with van der Waals surface area (Å²) in [5.41, 5.74) is 2.16. The zero-order valence-electron chi connectivity index (χ0n) is 13.1. The van der Waals surface area contributed by atoms with Gasteiger partial charge < -0.3 is 9.47 Å². The molecule has 21 heavy (non-hydrogen) atoms. The number of ether oxygens (including phenoxy) is 2. The summed E-state index contributed by atoms with van der Waals surface area (Å²) < 4.78 is 9.96. The van der Waals surface area contributed by atoms with Gasteiger partial charge in [0.25, 0.3) is 0 Å². The number of aryl methyl sites for hydroxylation is 1. The predicted molar refractivity (Wildman–Crippen MR) is 80.9 cm³/mol. The summed E-state index contributed by atoms with van der Waals surface area (Å²) in [6.07, 6.45) is 2.36. The van der Waals surface area contributed by atoms with Gasteiger partial charge in [0.05, 0.1) is 13.2 Å². The van der Waals surface area contributed by atoms with Crippen LogP contribution >= 0.6 is 0 Å². The lowest BCUT2D eigenvalue weighted by molar-refractivity contribution is -0.161. The van der Waals surface area contributed by atoms with Crippen molar-refractivity contribution in [1.82, 2.24) is 0 Å². The third kappa shape index (κ3) is 5.58. The third-order valence-electron chi connectivity index (χ3n) is 3.11. The van der Waals surface area contributed by atoms with Crippen molar-refractivity contribution in [2.75, 3.05) is 13.2 Å². The quantitative estimate of drug-likeness (QED) is 0.546. The molecule has 4 nitrogen and oxygen atoms in total. The standard InChI is InChI=1S/C17H24O4/c1-4-8-13-9-7-10-14(11-13)12-15(16(18)20-5-2)17(19)21-6-3/h7,9-11,15H,4-6,8,12H2,1-3H3. The first-order chi connectivity index (χ1) is 10.1. The van der Waals surface area contributed by atoms with Gasteiger partial charge in [-0.25, -0.2) is 0 Å². The second-order valence-corrected chi connectivity index (χ2v) is 4.83. The van der Waals surface area contributed by atoms with E-state index in [1.807, 2.05) is 18.2 Å². The summed E-state index contributed by atoms with van der Waals surface area (Å²) in [6.45, 7) is 6.08. The average molecular weight is 292 g/mol. The molecule has 1 aromatic rings. The van der Waals surface area contributed by atoms with Crippen molar-refractivity contribution >= 4 is 11.9 Å². The number of rotatable bonds is 8. The lowest BCUT2D eigenvalue weighted by Crippen LogP contribution is -2.30. The second-order valence-electron chi connectivity index (χ2n) is 4.83. The van der Waals surface area contributed by atoms with Gasteiger partial charge in [-0.2, -0.15) is 0 Å². The van der Waals surface area contributed by atoms with E-state index >= 15 is 0 Å². The van der Waals surface area contributed by atoms with Crippen LogP contribution in [0.15, 0.2) is 24.3 Å². The summed E-state index contributed by atoms with van der Waals surface area (Å²) in [7, 11) is 0. The fraction of sp³-hybridized carbons (Fsp3) is 0.529. The highest BCUT2D eigenvalue weighted by atomic mass is 16.6. The van der Waals surface area contributed by atoms with Crippen molar-refractivity contribution in [2.24, 2.45) is 5.92 Å². The molecule has 0 aromatic heterocycles. The first-order valence-corrected chi connectivity index (χ1v) is 7.53. The summed E-state index contributed by atoms with van der Waals surface area (Å²) in [5, 5.41) is 0. The van der Waals surface area contributed by atoms with E-state index in [2.05, 4.69) is 13.0 Å². The zero-order chi connectivity index (χ0) is 15.7. The first-order valence-electron chi connectivity index (χ1n) is 7.53. The molecule has 0 aliphatic rings. The summed E-state index contributed by atoms with van der Waals surface area (Å²) in [4.78, 5) is 23.9. The molecule has 0 spiro atoms. The Morgan fingerprint density at radius 3 is 2.10 bits per heavy atom. The van der Waals surface area contributed by atoms with Crippen molar-refractivity contribution in [3.63, 3.8) is 0 Å². The summed E-state index contributed by atoms with van der Waals surface area (Å²) in [6, 6.07) is 7.96. The van der Waals surface area contributed by atoms with Gasteiger partial charge in [0.15, 0.2) is 5.92 Å². The lowest BCUT2D eigenvalue weighted by atomic mass is 9.97. The molecule has 0 bridgehead atoms. The normalized spacial score (nSPS) is 10.5. The molecule has 0 saturated carbocycles. The smallest absolute Gasteiger partial charge is 0.320 e. The van der Waals surface area contributed by atoms with Gasteiger partial charge in [0.1, 0.15) is 0 Å². The minimum absolute atomic E-state index is 0.255. The van der Waals surface area contributed by atoms with E-state index < -0.39 is 17.9 Å². The van der Waals surface area contributed by atoms with Gasteiger partial charge in [0.2, 0.25) is 0 Å². The van der Waals surface area contributed by atoms with Crippen LogP contribution in [0.25, 0.3) is 0 Å². The molecule has 0 aliphatic heterocycles. The van der Waals surface area contributed by atoms with Gasteiger partial charge in [-0.1, -0.05) is 37.6 Å². The second kappa shape index (κ2) is 9.16. The molecule has 0 unspecified atom stereocenters. The molecule has 0 N–H and O–H groups in total. The van der Waals surface area contributed by atoms with Gasteiger partial charge in [0, 0.05) is 0 Å². The third-order valence-corrected chi connectivity index (χ3v) is 3.11. The number of carbonyl (C=O) groups excluding carboxylic acids is 2. The molecule has 0 atom stereocenters. The Morgan fingerprint density at radius 1 is 1.00 bits per heavy atom. The van der Waals surface area contributed by atoms with Gasteiger partial charge in [-0.3, -0.25) is 9.59 Å². The van der Waals surface area contributed by atoms with Gasteiger partial charge in [-0.15, -0.1) is 0 Å². The van der Waals surface area contributed by atoms with E-state index in [0.29, 0.717) is 6.42 Å². The number of carbonyl (C=O) groups is 2. The fourth-order valence-corrected chi connectivity index (χ4v) is 2.19. The van der Waals surface area contributed by atoms with Crippen LogP contribution in [0.5, 0.6) is 0 Å². The Labute approximate surface area is 126 Å². The minimum atomic E-state index is -0.887. The van der Waals surface area contributed by atoms with Gasteiger partial charge >= 0.3 is 11.9 Å². The lowest BCUT2D eigenvalue weighted by Gasteiger charge is -2.15. The number of esters is 2. The Morgan fingerprint density at radius 2 is 1.57 bits per heavy atom. The highest BCUT2D eigenvalue weighted by Crippen LogP contribution is 2.15. The SMILES string of the molecule is CCCc1cccc(CC(C(=O)OCC)C(=O)OCC)c1. The van der Waals surface area contributed by atoms with Crippen molar-refractivity contribution in [1.29, 1.82) is 0 Å². The van der Waals surface area contributed by atoms with Crippen LogP contribution in [-0.2, 0) is 31.9 Å². The minimum Gasteiger partial charge on any atom is -0.465 e. The van der Waals surface area contributed by atoms with Crippen molar-refractivity contribution in [2.45, 2.75) is 40.0 Å². The number of benzene rings is 1. The van der Waals surface area contributed by atoms with E-state index in [0.717, 1.165) is 18.4 Å².